The van der Waals surface area contributed by atoms with Crippen molar-refractivity contribution in [3.63, 3.8) is 0 Å². The van der Waals surface area contributed by atoms with Crippen molar-refractivity contribution in [1.82, 2.24) is 5.32 Å². The smallest absolute Gasteiger partial charge is 0.0730 e. The third-order valence-electron chi connectivity index (χ3n) is 4.26. The van der Waals surface area contributed by atoms with Crippen molar-refractivity contribution in [2.75, 3.05) is 32.9 Å². The normalized spacial score (nSPS) is 29.3. The third kappa shape index (κ3) is 3.67. The van der Waals surface area contributed by atoms with Crippen LogP contribution in [0.25, 0.3) is 0 Å². The van der Waals surface area contributed by atoms with Gasteiger partial charge >= 0.3 is 0 Å². The second kappa shape index (κ2) is 6.85. The van der Waals surface area contributed by atoms with Crippen LogP contribution in [-0.2, 0) is 9.47 Å². The molecule has 0 aromatic heterocycles. The number of nitrogens with one attached hydrogen (secondary N) is 1. The maximum absolute atomic E-state index is 10.3. The summed E-state index contributed by atoms with van der Waals surface area (Å²) in [6, 6.07) is 0. The van der Waals surface area contributed by atoms with Gasteiger partial charge in [0, 0.05) is 26.4 Å². The summed E-state index contributed by atoms with van der Waals surface area (Å²) >= 11 is 0. The van der Waals surface area contributed by atoms with Crippen LogP contribution in [-0.4, -0.2) is 49.7 Å². The number of hydrogen-bond donors (Lipinski definition) is 2. The summed E-state index contributed by atoms with van der Waals surface area (Å²) in [5.41, 5.74) is -0.00704. The Balaban J connectivity index is 1.81. The van der Waals surface area contributed by atoms with Crippen molar-refractivity contribution in [2.45, 2.75) is 50.7 Å². The summed E-state index contributed by atoms with van der Waals surface area (Å²) in [6.07, 6.45) is 4.82. The molecule has 106 valence electrons. The van der Waals surface area contributed by atoms with Gasteiger partial charge in [0.1, 0.15) is 0 Å². The lowest BCUT2D eigenvalue weighted by Crippen LogP contribution is -2.48. The molecule has 0 aromatic carbocycles. The van der Waals surface area contributed by atoms with Gasteiger partial charge in [0.05, 0.1) is 11.7 Å². The summed E-state index contributed by atoms with van der Waals surface area (Å²) < 4.78 is 11.4. The minimum Gasteiger partial charge on any atom is -0.392 e. The number of aliphatic hydroxyl groups is 1. The van der Waals surface area contributed by atoms with E-state index in [-0.39, 0.29) is 11.7 Å². The van der Waals surface area contributed by atoms with E-state index < -0.39 is 0 Å². The van der Waals surface area contributed by atoms with Gasteiger partial charge in [-0.3, -0.25) is 0 Å². The molecule has 2 unspecified atom stereocenters. The molecular weight excluding hydrogens is 230 g/mol. The minimum atomic E-state index is -0.236. The second-order valence-corrected chi connectivity index (χ2v) is 5.67. The zero-order chi connectivity index (χ0) is 12.8. The standard InChI is InChI=1S/C14H27NO3/c1-2-6-15-11-13(16)12-3-7-18-14(10-12)4-8-17-9-5-14/h12-13,15-16H,2-11H2,1H3. The minimum absolute atomic E-state index is 0.00704. The number of hydrogen-bond acceptors (Lipinski definition) is 4. The molecule has 2 N–H and O–H groups in total. The monoisotopic (exact) mass is 257 g/mol. The van der Waals surface area contributed by atoms with E-state index in [1.165, 1.54) is 0 Å². The quantitative estimate of drug-likeness (QED) is 0.729. The Hall–Kier alpha value is -0.160. The van der Waals surface area contributed by atoms with Gasteiger partial charge in [0.2, 0.25) is 0 Å². The summed E-state index contributed by atoms with van der Waals surface area (Å²) in [7, 11) is 0. The molecule has 2 rings (SSSR count). The van der Waals surface area contributed by atoms with Crippen molar-refractivity contribution in [2.24, 2.45) is 5.92 Å². The number of aliphatic hydroxyl groups excluding tert-OH is 1. The van der Waals surface area contributed by atoms with E-state index in [9.17, 15) is 5.11 Å². The van der Waals surface area contributed by atoms with Crippen LogP contribution >= 0.6 is 0 Å². The molecule has 1 spiro atoms. The molecule has 0 aromatic rings. The molecule has 0 saturated carbocycles. The number of rotatable bonds is 5. The fourth-order valence-electron chi connectivity index (χ4n) is 3.08. The highest BCUT2D eigenvalue weighted by Gasteiger charge is 2.40. The first-order valence-corrected chi connectivity index (χ1v) is 7.36. The first kappa shape index (κ1) is 14.3. The average molecular weight is 257 g/mol. The van der Waals surface area contributed by atoms with Gasteiger partial charge in [0.25, 0.3) is 0 Å². The molecule has 2 atom stereocenters. The van der Waals surface area contributed by atoms with Crippen molar-refractivity contribution < 1.29 is 14.6 Å². The third-order valence-corrected chi connectivity index (χ3v) is 4.26. The Morgan fingerprint density at radius 3 is 2.83 bits per heavy atom. The molecule has 18 heavy (non-hydrogen) atoms. The van der Waals surface area contributed by atoms with Gasteiger partial charge in [-0.1, -0.05) is 6.92 Å². The van der Waals surface area contributed by atoms with Crippen LogP contribution in [0, 0.1) is 5.92 Å². The SMILES string of the molecule is CCCNCC(O)C1CCOC2(CCOCC2)C1. The van der Waals surface area contributed by atoms with E-state index in [2.05, 4.69) is 12.2 Å². The molecule has 2 fully saturated rings. The molecule has 2 heterocycles. The molecule has 4 heteroatoms. The Bertz CT molecular complexity index is 236. The highest BCUT2D eigenvalue weighted by Crippen LogP contribution is 2.38. The van der Waals surface area contributed by atoms with Crippen molar-refractivity contribution in [1.29, 1.82) is 0 Å². The van der Waals surface area contributed by atoms with Crippen molar-refractivity contribution >= 4 is 0 Å². The van der Waals surface area contributed by atoms with Crippen LogP contribution in [0.5, 0.6) is 0 Å². The highest BCUT2D eigenvalue weighted by molar-refractivity contribution is 4.91. The predicted molar refractivity (Wildman–Crippen MR) is 70.6 cm³/mol. The molecule has 2 saturated heterocycles. The Morgan fingerprint density at radius 2 is 2.11 bits per heavy atom. The fourth-order valence-corrected chi connectivity index (χ4v) is 3.08. The van der Waals surface area contributed by atoms with Crippen LogP contribution in [0.1, 0.15) is 39.0 Å². The van der Waals surface area contributed by atoms with E-state index in [0.29, 0.717) is 12.5 Å². The fraction of sp³-hybridized carbons (Fsp3) is 1.00. The maximum Gasteiger partial charge on any atom is 0.0730 e. The zero-order valence-electron chi connectivity index (χ0n) is 11.5. The van der Waals surface area contributed by atoms with Crippen LogP contribution in [0.2, 0.25) is 0 Å². The van der Waals surface area contributed by atoms with Crippen LogP contribution in [0.4, 0.5) is 0 Å². The number of ether oxygens (including phenoxy) is 2. The van der Waals surface area contributed by atoms with Gasteiger partial charge in [-0.25, -0.2) is 0 Å². The lowest BCUT2D eigenvalue weighted by Gasteiger charge is -2.44. The van der Waals surface area contributed by atoms with Crippen molar-refractivity contribution in [3.8, 4) is 0 Å². The van der Waals surface area contributed by atoms with E-state index in [0.717, 1.165) is 58.5 Å². The van der Waals surface area contributed by atoms with Gasteiger partial charge in [0.15, 0.2) is 0 Å². The largest absolute Gasteiger partial charge is 0.392 e. The maximum atomic E-state index is 10.3. The Morgan fingerprint density at radius 1 is 1.33 bits per heavy atom. The highest BCUT2D eigenvalue weighted by atomic mass is 16.5. The van der Waals surface area contributed by atoms with E-state index >= 15 is 0 Å². The summed E-state index contributed by atoms with van der Waals surface area (Å²) in [6.45, 7) is 6.23. The van der Waals surface area contributed by atoms with Gasteiger partial charge in [-0.2, -0.15) is 0 Å². The summed E-state index contributed by atoms with van der Waals surface area (Å²) in [4.78, 5) is 0. The van der Waals surface area contributed by atoms with Crippen molar-refractivity contribution in [3.05, 3.63) is 0 Å². The molecule has 2 aliphatic rings. The summed E-state index contributed by atoms with van der Waals surface area (Å²) in [5, 5.41) is 13.6. The van der Waals surface area contributed by atoms with E-state index in [1.54, 1.807) is 0 Å². The Labute approximate surface area is 110 Å². The predicted octanol–water partition coefficient (Wildman–Crippen LogP) is 1.32. The molecule has 4 nitrogen and oxygen atoms in total. The van der Waals surface area contributed by atoms with Gasteiger partial charge < -0.3 is 19.9 Å². The average Bonchev–Trinajstić information content (AvgIpc) is 2.40. The van der Waals surface area contributed by atoms with E-state index in [1.807, 2.05) is 0 Å². The first-order chi connectivity index (χ1) is 8.76. The summed E-state index contributed by atoms with van der Waals surface area (Å²) in [5.74, 6) is 0.376. The molecule has 2 aliphatic heterocycles. The molecule has 0 aliphatic carbocycles. The van der Waals surface area contributed by atoms with Crippen LogP contribution in [0.15, 0.2) is 0 Å². The lowest BCUT2D eigenvalue weighted by molar-refractivity contribution is -0.158. The van der Waals surface area contributed by atoms with Gasteiger partial charge in [-0.05, 0) is 44.6 Å². The Kier molecular flexibility index (Phi) is 5.42. The zero-order valence-corrected chi connectivity index (χ0v) is 11.5. The van der Waals surface area contributed by atoms with Gasteiger partial charge in [-0.15, -0.1) is 0 Å². The molecule has 0 bridgehead atoms. The first-order valence-electron chi connectivity index (χ1n) is 7.36. The molecule has 0 radical (unpaired) electrons. The molecular formula is C14H27NO3. The lowest BCUT2D eigenvalue weighted by atomic mass is 9.78. The molecule has 0 amide bonds. The van der Waals surface area contributed by atoms with E-state index in [4.69, 9.17) is 9.47 Å². The van der Waals surface area contributed by atoms with Crippen LogP contribution in [0.3, 0.4) is 0 Å². The second-order valence-electron chi connectivity index (χ2n) is 5.67. The van der Waals surface area contributed by atoms with Crippen LogP contribution < -0.4 is 5.32 Å². The topological polar surface area (TPSA) is 50.7 Å².